The van der Waals surface area contributed by atoms with Crippen LogP contribution in [0.1, 0.15) is 67.6 Å². The summed E-state index contributed by atoms with van der Waals surface area (Å²) >= 11 is 2.84. The van der Waals surface area contributed by atoms with Gasteiger partial charge >= 0.3 is 5.97 Å². The van der Waals surface area contributed by atoms with Crippen LogP contribution in [0.25, 0.3) is 0 Å². The van der Waals surface area contributed by atoms with Gasteiger partial charge in [0, 0.05) is 42.4 Å². The fourth-order valence-electron chi connectivity index (χ4n) is 3.95. The van der Waals surface area contributed by atoms with Crippen LogP contribution in [-0.2, 0) is 11.2 Å². The number of aromatic nitrogens is 1. The molecule has 0 radical (unpaired) electrons. The molecular formula is C23H31N3O3S2. The minimum absolute atomic E-state index is 0.0820. The number of carboxylic acid groups (broad SMARTS) is 1. The molecule has 0 bridgehead atoms. The van der Waals surface area contributed by atoms with Gasteiger partial charge < -0.3 is 15.3 Å². The maximum absolute atomic E-state index is 12.5. The molecule has 1 aliphatic heterocycles. The molecule has 1 aromatic carbocycles. The molecule has 168 valence electrons. The van der Waals surface area contributed by atoms with E-state index in [4.69, 9.17) is 5.11 Å². The van der Waals surface area contributed by atoms with E-state index in [-0.39, 0.29) is 17.6 Å². The number of nitrogens with one attached hydrogen (secondary N) is 1. The Bertz CT molecular complexity index is 915. The van der Waals surface area contributed by atoms with Gasteiger partial charge in [0.1, 0.15) is 0 Å². The lowest BCUT2D eigenvalue weighted by Gasteiger charge is -2.27. The van der Waals surface area contributed by atoms with E-state index in [1.54, 1.807) is 5.38 Å². The molecular weight excluding hydrogens is 430 g/mol. The molecule has 8 heteroatoms. The van der Waals surface area contributed by atoms with Crippen LogP contribution in [0.2, 0.25) is 0 Å². The number of benzene rings is 1. The third-order valence-corrected chi connectivity index (χ3v) is 7.94. The Hall–Kier alpha value is -2.06. The molecule has 1 unspecified atom stereocenters. The van der Waals surface area contributed by atoms with Crippen LogP contribution in [0.5, 0.6) is 0 Å². The van der Waals surface area contributed by atoms with Crippen molar-refractivity contribution in [3.05, 3.63) is 40.4 Å². The zero-order chi connectivity index (χ0) is 22.4. The van der Waals surface area contributed by atoms with E-state index in [0.717, 1.165) is 30.1 Å². The van der Waals surface area contributed by atoms with Crippen LogP contribution in [-0.4, -0.2) is 51.8 Å². The smallest absolute Gasteiger partial charge is 0.355 e. The molecule has 1 amide bonds. The first-order valence-corrected chi connectivity index (χ1v) is 12.8. The highest BCUT2D eigenvalue weighted by Gasteiger charge is 2.30. The van der Waals surface area contributed by atoms with Crippen molar-refractivity contribution in [1.82, 2.24) is 9.88 Å². The van der Waals surface area contributed by atoms with Crippen LogP contribution in [0, 0.1) is 0 Å². The Morgan fingerprint density at radius 3 is 2.90 bits per heavy atom. The van der Waals surface area contributed by atoms with E-state index in [1.807, 2.05) is 4.90 Å². The number of carboxylic acids is 1. The highest BCUT2D eigenvalue weighted by atomic mass is 32.2. The highest BCUT2D eigenvalue weighted by Crippen LogP contribution is 2.31. The van der Waals surface area contributed by atoms with E-state index in [0.29, 0.717) is 24.6 Å². The van der Waals surface area contributed by atoms with Crippen molar-refractivity contribution in [1.29, 1.82) is 0 Å². The number of nitrogens with zero attached hydrogens (tertiary/aromatic N) is 2. The zero-order valence-corrected chi connectivity index (χ0v) is 20.0. The minimum Gasteiger partial charge on any atom is -0.476 e. The van der Waals surface area contributed by atoms with Gasteiger partial charge in [-0.25, -0.2) is 9.78 Å². The molecule has 3 rings (SSSR count). The van der Waals surface area contributed by atoms with Gasteiger partial charge in [-0.2, -0.15) is 0 Å². The van der Waals surface area contributed by atoms with Gasteiger partial charge in [0.25, 0.3) is 0 Å². The molecule has 1 saturated heterocycles. The van der Waals surface area contributed by atoms with Gasteiger partial charge in [0.2, 0.25) is 5.91 Å². The number of aromatic carboxylic acids is 1. The van der Waals surface area contributed by atoms with E-state index in [2.05, 4.69) is 49.3 Å². The summed E-state index contributed by atoms with van der Waals surface area (Å²) in [7, 11) is 0. The van der Waals surface area contributed by atoms with Crippen molar-refractivity contribution in [3.8, 4) is 0 Å². The number of para-hydroxylation sites is 1. The Morgan fingerprint density at radius 2 is 2.23 bits per heavy atom. The van der Waals surface area contributed by atoms with Crippen molar-refractivity contribution in [2.75, 3.05) is 24.2 Å². The average Bonchev–Trinajstić information content (AvgIpc) is 3.39. The molecule has 1 aliphatic rings. The number of hydrogen-bond acceptors (Lipinski definition) is 6. The number of thioether (sulfide) groups is 1. The molecule has 2 N–H and O–H groups in total. The molecule has 6 nitrogen and oxygen atoms in total. The average molecular weight is 462 g/mol. The van der Waals surface area contributed by atoms with Crippen LogP contribution in [0.4, 0.5) is 5.69 Å². The Morgan fingerprint density at radius 1 is 1.42 bits per heavy atom. The van der Waals surface area contributed by atoms with Crippen LogP contribution in [0.15, 0.2) is 27.9 Å². The van der Waals surface area contributed by atoms with Crippen molar-refractivity contribution in [3.63, 3.8) is 0 Å². The Kier molecular flexibility index (Phi) is 8.37. The van der Waals surface area contributed by atoms with Crippen LogP contribution in [0.3, 0.4) is 0 Å². The van der Waals surface area contributed by atoms with Gasteiger partial charge in [-0.05, 0) is 36.3 Å². The predicted octanol–water partition coefficient (Wildman–Crippen LogP) is 5.11. The third-order valence-electron chi connectivity index (χ3n) is 5.93. The van der Waals surface area contributed by atoms with Gasteiger partial charge in [-0.3, -0.25) is 4.79 Å². The standard InChI is InChI=1S/C23H31N3O3S2/c1-4-15(3)18-8-6-7-16(5-2)21(18)24-13-17-9-10-20(27)26(17)11-12-30-23-25-19(14-31-23)22(28)29/h6-8,14-15,17,24H,4-5,9-13H2,1-3H3,(H,28,29)/t15?,17-/m1/s1. The summed E-state index contributed by atoms with van der Waals surface area (Å²) in [6.45, 7) is 8.04. The molecule has 2 heterocycles. The first-order valence-electron chi connectivity index (χ1n) is 10.9. The molecule has 1 fully saturated rings. The first kappa shape index (κ1) is 23.6. The number of carbonyl (C=O) groups is 2. The minimum atomic E-state index is -1.01. The quantitative estimate of drug-likeness (QED) is 0.452. The number of thiazole rings is 1. The Labute approximate surface area is 192 Å². The van der Waals surface area contributed by atoms with E-state index in [1.165, 1.54) is 39.9 Å². The number of anilines is 1. The SMILES string of the molecule is CCc1cccc(C(C)CC)c1NC[C@H]1CCC(=O)N1CCSc1nc(C(=O)O)cs1. The number of rotatable bonds is 11. The number of aryl methyl sites for hydroxylation is 1. The van der Waals surface area contributed by atoms with Gasteiger partial charge in [-0.1, -0.05) is 50.7 Å². The summed E-state index contributed by atoms with van der Waals surface area (Å²) in [6.07, 6.45) is 3.52. The normalized spacial score (nSPS) is 17.2. The maximum atomic E-state index is 12.5. The Balaban J connectivity index is 1.61. The predicted molar refractivity (Wildman–Crippen MR) is 128 cm³/mol. The third kappa shape index (κ3) is 5.80. The summed E-state index contributed by atoms with van der Waals surface area (Å²) in [4.78, 5) is 29.5. The van der Waals surface area contributed by atoms with Crippen molar-refractivity contribution in [2.24, 2.45) is 0 Å². The molecule has 31 heavy (non-hydrogen) atoms. The lowest BCUT2D eigenvalue weighted by Crippen LogP contribution is -2.39. The monoisotopic (exact) mass is 461 g/mol. The molecule has 1 aromatic heterocycles. The summed E-state index contributed by atoms with van der Waals surface area (Å²) in [5.74, 6) is 0.385. The lowest BCUT2D eigenvalue weighted by atomic mass is 9.93. The fourth-order valence-corrected chi connectivity index (χ4v) is 5.76. The van der Waals surface area contributed by atoms with Crippen LogP contribution < -0.4 is 5.32 Å². The van der Waals surface area contributed by atoms with E-state index in [9.17, 15) is 9.59 Å². The number of likely N-dealkylation sites (tertiary alicyclic amines) is 1. The summed E-state index contributed by atoms with van der Waals surface area (Å²) < 4.78 is 0.730. The van der Waals surface area contributed by atoms with Crippen molar-refractivity contribution in [2.45, 2.75) is 62.8 Å². The van der Waals surface area contributed by atoms with Gasteiger partial charge in [0.05, 0.1) is 0 Å². The second-order valence-electron chi connectivity index (χ2n) is 7.86. The number of amides is 1. The zero-order valence-electron chi connectivity index (χ0n) is 18.4. The van der Waals surface area contributed by atoms with Crippen molar-refractivity contribution < 1.29 is 14.7 Å². The second-order valence-corrected chi connectivity index (χ2v) is 10.1. The number of hydrogen-bond donors (Lipinski definition) is 2. The first-order chi connectivity index (χ1) is 14.9. The summed E-state index contributed by atoms with van der Waals surface area (Å²) in [5.41, 5.74) is 3.99. The second kappa shape index (κ2) is 11.0. The molecule has 2 atom stereocenters. The maximum Gasteiger partial charge on any atom is 0.355 e. The largest absolute Gasteiger partial charge is 0.476 e. The lowest BCUT2D eigenvalue weighted by molar-refractivity contribution is -0.128. The highest BCUT2D eigenvalue weighted by molar-refractivity contribution is 8.01. The van der Waals surface area contributed by atoms with E-state index < -0.39 is 5.97 Å². The molecule has 0 aliphatic carbocycles. The van der Waals surface area contributed by atoms with E-state index >= 15 is 0 Å². The van der Waals surface area contributed by atoms with Gasteiger partial charge in [-0.15, -0.1) is 11.3 Å². The topological polar surface area (TPSA) is 82.5 Å². The fraction of sp³-hybridized carbons (Fsp3) is 0.522. The van der Waals surface area contributed by atoms with Gasteiger partial charge in [0.15, 0.2) is 10.0 Å². The summed E-state index contributed by atoms with van der Waals surface area (Å²) in [5, 5.41) is 14.2. The number of carbonyl (C=O) groups excluding carboxylic acids is 1. The molecule has 0 spiro atoms. The molecule has 0 saturated carbocycles. The summed E-state index contributed by atoms with van der Waals surface area (Å²) in [6, 6.07) is 6.71. The molecule has 2 aromatic rings. The van der Waals surface area contributed by atoms with Crippen LogP contribution >= 0.6 is 23.1 Å². The van der Waals surface area contributed by atoms with Crippen molar-refractivity contribution >= 4 is 40.7 Å².